The van der Waals surface area contributed by atoms with Crippen LogP contribution >= 0.6 is 11.3 Å². The lowest BCUT2D eigenvalue weighted by atomic mass is 9.76. The van der Waals surface area contributed by atoms with Gasteiger partial charge in [-0.1, -0.05) is 13.8 Å². The van der Waals surface area contributed by atoms with E-state index in [0.717, 1.165) is 0 Å². The molecule has 1 aliphatic rings. The zero-order valence-corrected chi connectivity index (χ0v) is 11.7. The van der Waals surface area contributed by atoms with E-state index in [0.29, 0.717) is 23.8 Å². The molecule has 0 radical (unpaired) electrons. The number of carbonyl (C=O) groups excluding carboxylic acids is 1. The van der Waals surface area contributed by atoms with Crippen LogP contribution in [0, 0.1) is 11.3 Å². The van der Waals surface area contributed by atoms with Crippen molar-refractivity contribution < 1.29 is 14.7 Å². The lowest BCUT2D eigenvalue weighted by Crippen LogP contribution is -2.40. The number of amides is 1. The molecule has 6 nitrogen and oxygen atoms in total. The Morgan fingerprint density at radius 2 is 2.26 bits per heavy atom. The van der Waals surface area contributed by atoms with Crippen LogP contribution in [0.2, 0.25) is 0 Å². The molecule has 1 amide bonds. The summed E-state index contributed by atoms with van der Waals surface area (Å²) >= 11 is 1.21. The summed E-state index contributed by atoms with van der Waals surface area (Å²) in [5.74, 6) is -1.10. The third-order valence-electron chi connectivity index (χ3n) is 3.86. The van der Waals surface area contributed by atoms with E-state index in [1.807, 2.05) is 13.8 Å². The maximum absolute atomic E-state index is 12.2. The van der Waals surface area contributed by atoms with Crippen LogP contribution in [0.3, 0.4) is 0 Å². The number of anilines is 1. The van der Waals surface area contributed by atoms with Gasteiger partial charge in [-0.25, -0.2) is 4.98 Å². The van der Waals surface area contributed by atoms with E-state index < -0.39 is 11.4 Å². The minimum Gasteiger partial charge on any atom is -0.481 e. The number of thiazole rings is 1. The monoisotopic (exact) mass is 283 g/mol. The zero-order valence-electron chi connectivity index (χ0n) is 10.9. The Morgan fingerprint density at radius 3 is 2.68 bits per heavy atom. The number of rotatable bonds is 3. The van der Waals surface area contributed by atoms with Crippen LogP contribution in [-0.2, 0) is 4.79 Å². The summed E-state index contributed by atoms with van der Waals surface area (Å²) in [4.78, 5) is 29.2. The molecule has 3 N–H and O–H groups in total. The van der Waals surface area contributed by atoms with E-state index in [-0.39, 0.29) is 18.4 Å². The van der Waals surface area contributed by atoms with Gasteiger partial charge in [0.2, 0.25) is 0 Å². The molecule has 1 unspecified atom stereocenters. The van der Waals surface area contributed by atoms with Gasteiger partial charge in [0.05, 0.1) is 5.41 Å². The van der Waals surface area contributed by atoms with E-state index in [4.69, 9.17) is 5.73 Å². The summed E-state index contributed by atoms with van der Waals surface area (Å²) in [6.45, 7) is 4.43. The molecule has 1 aromatic rings. The topological polar surface area (TPSA) is 96.5 Å². The Morgan fingerprint density at radius 1 is 1.58 bits per heavy atom. The summed E-state index contributed by atoms with van der Waals surface area (Å²) < 4.78 is 0. The standard InChI is InChI=1S/C12H17N3O3S/c1-7(2)12(10(17)18)3-4-15(6-12)9(16)8-5-19-11(13)14-8/h5,7H,3-4,6H2,1-2H3,(H2,13,14)(H,17,18). The number of nitrogens with two attached hydrogens (primary N) is 1. The van der Waals surface area contributed by atoms with Crippen LogP contribution in [0.4, 0.5) is 5.13 Å². The average Bonchev–Trinajstić information content (AvgIpc) is 2.94. The van der Waals surface area contributed by atoms with Gasteiger partial charge in [0, 0.05) is 18.5 Å². The number of nitrogen functional groups attached to an aromatic ring is 1. The van der Waals surface area contributed by atoms with Crippen LogP contribution in [0.1, 0.15) is 30.8 Å². The fraction of sp³-hybridized carbons (Fsp3) is 0.583. The second-order valence-corrected chi connectivity index (χ2v) is 6.05. The number of nitrogens with zero attached hydrogens (tertiary/aromatic N) is 2. The van der Waals surface area contributed by atoms with Crippen molar-refractivity contribution in [3.63, 3.8) is 0 Å². The summed E-state index contributed by atoms with van der Waals surface area (Å²) in [7, 11) is 0. The molecular weight excluding hydrogens is 266 g/mol. The molecule has 1 saturated heterocycles. The Hall–Kier alpha value is -1.63. The van der Waals surface area contributed by atoms with Gasteiger partial charge in [0.25, 0.3) is 5.91 Å². The molecule has 1 aliphatic heterocycles. The summed E-state index contributed by atoms with van der Waals surface area (Å²) in [5.41, 5.74) is 4.96. The number of hydrogen-bond acceptors (Lipinski definition) is 5. The first-order chi connectivity index (χ1) is 8.86. The molecule has 0 aliphatic carbocycles. The number of carboxylic acids is 1. The third-order valence-corrected chi connectivity index (χ3v) is 4.53. The molecule has 1 aromatic heterocycles. The van der Waals surface area contributed by atoms with Crippen molar-refractivity contribution >= 4 is 28.3 Å². The van der Waals surface area contributed by atoms with E-state index in [1.54, 1.807) is 10.3 Å². The van der Waals surface area contributed by atoms with Crippen molar-refractivity contribution in [2.45, 2.75) is 20.3 Å². The van der Waals surface area contributed by atoms with Gasteiger partial charge in [-0.05, 0) is 12.3 Å². The minimum atomic E-state index is -0.850. The third kappa shape index (κ3) is 2.30. The fourth-order valence-electron chi connectivity index (χ4n) is 2.45. The molecule has 104 valence electrons. The first kappa shape index (κ1) is 13.8. The highest BCUT2D eigenvalue weighted by atomic mass is 32.1. The van der Waals surface area contributed by atoms with Gasteiger partial charge in [-0.3, -0.25) is 9.59 Å². The van der Waals surface area contributed by atoms with Gasteiger partial charge < -0.3 is 15.7 Å². The molecule has 7 heteroatoms. The maximum atomic E-state index is 12.2. The van der Waals surface area contributed by atoms with Gasteiger partial charge in [-0.15, -0.1) is 11.3 Å². The van der Waals surface area contributed by atoms with Crippen molar-refractivity contribution in [3.8, 4) is 0 Å². The molecule has 2 heterocycles. The first-order valence-corrected chi connectivity index (χ1v) is 6.98. The van der Waals surface area contributed by atoms with Gasteiger partial charge in [0.1, 0.15) is 5.69 Å². The number of hydrogen-bond donors (Lipinski definition) is 2. The highest BCUT2D eigenvalue weighted by Gasteiger charge is 2.48. The highest BCUT2D eigenvalue weighted by Crippen LogP contribution is 2.38. The molecule has 0 bridgehead atoms. The predicted octanol–water partition coefficient (Wildman–Crippen LogP) is 1.30. The Labute approximate surface area is 115 Å². The Bertz CT molecular complexity index is 514. The molecular formula is C12H17N3O3S. The maximum Gasteiger partial charge on any atom is 0.311 e. The normalized spacial score (nSPS) is 23.0. The van der Waals surface area contributed by atoms with Crippen molar-refractivity contribution in [2.75, 3.05) is 18.8 Å². The number of aliphatic carboxylic acids is 1. The molecule has 1 fully saturated rings. The molecule has 1 atom stereocenters. The smallest absolute Gasteiger partial charge is 0.311 e. The van der Waals surface area contributed by atoms with Crippen molar-refractivity contribution in [2.24, 2.45) is 11.3 Å². The molecule has 0 aromatic carbocycles. The lowest BCUT2D eigenvalue weighted by Gasteiger charge is -2.28. The summed E-state index contributed by atoms with van der Waals surface area (Å²) in [6.07, 6.45) is 0.478. The second-order valence-electron chi connectivity index (χ2n) is 5.16. The van der Waals surface area contributed by atoms with E-state index >= 15 is 0 Å². The van der Waals surface area contributed by atoms with E-state index in [9.17, 15) is 14.7 Å². The van der Waals surface area contributed by atoms with Gasteiger partial charge in [0.15, 0.2) is 5.13 Å². The molecule has 0 spiro atoms. The Balaban J connectivity index is 2.18. The van der Waals surface area contributed by atoms with Crippen molar-refractivity contribution in [1.82, 2.24) is 9.88 Å². The van der Waals surface area contributed by atoms with E-state index in [1.165, 1.54) is 11.3 Å². The minimum absolute atomic E-state index is 0.0247. The molecule has 19 heavy (non-hydrogen) atoms. The zero-order chi connectivity index (χ0) is 14.2. The van der Waals surface area contributed by atoms with E-state index in [2.05, 4.69) is 4.98 Å². The summed E-state index contributed by atoms with van der Waals surface area (Å²) in [5, 5.41) is 11.4. The Kier molecular flexibility index (Phi) is 3.49. The highest BCUT2D eigenvalue weighted by molar-refractivity contribution is 7.13. The van der Waals surface area contributed by atoms with Crippen LogP contribution in [-0.4, -0.2) is 40.0 Å². The number of carboxylic acid groups (broad SMARTS) is 1. The number of aromatic nitrogens is 1. The SMILES string of the molecule is CC(C)C1(C(=O)O)CCN(C(=O)c2csc(N)n2)C1. The average molecular weight is 283 g/mol. The molecule has 2 rings (SSSR count). The van der Waals surface area contributed by atoms with Gasteiger partial charge >= 0.3 is 5.97 Å². The quantitative estimate of drug-likeness (QED) is 0.871. The van der Waals surface area contributed by atoms with Gasteiger partial charge in [-0.2, -0.15) is 0 Å². The van der Waals surface area contributed by atoms with Crippen LogP contribution in [0.15, 0.2) is 5.38 Å². The fourth-order valence-corrected chi connectivity index (χ4v) is 2.98. The largest absolute Gasteiger partial charge is 0.481 e. The number of carbonyl (C=O) groups is 2. The van der Waals surface area contributed by atoms with Crippen LogP contribution in [0.5, 0.6) is 0 Å². The predicted molar refractivity (Wildman–Crippen MR) is 72.0 cm³/mol. The summed E-state index contributed by atoms with van der Waals surface area (Å²) in [6, 6.07) is 0. The van der Waals surface area contributed by atoms with Crippen LogP contribution in [0.25, 0.3) is 0 Å². The lowest BCUT2D eigenvalue weighted by molar-refractivity contribution is -0.150. The first-order valence-electron chi connectivity index (χ1n) is 6.10. The van der Waals surface area contributed by atoms with Crippen molar-refractivity contribution in [1.29, 1.82) is 0 Å². The number of likely N-dealkylation sites (tertiary alicyclic amines) is 1. The van der Waals surface area contributed by atoms with Crippen LogP contribution < -0.4 is 5.73 Å². The second kappa shape index (κ2) is 4.80. The molecule has 0 saturated carbocycles. The van der Waals surface area contributed by atoms with Crippen molar-refractivity contribution in [3.05, 3.63) is 11.1 Å².